The molecule has 0 aliphatic rings. The van der Waals surface area contributed by atoms with Crippen LogP contribution in [0.1, 0.15) is 22.3 Å². The van der Waals surface area contributed by atoms with Crippen LogP contribution in [0.2, 0.25) is 0 Å². The number of benzene rings is 2. The van der Waals surface area contributed by atoms with Crippen LogP contribution in [0, 0.1) is 27.7 Å². The van der Waals surface area contributed by atoms with E-state index >= 15 is 0 Å². The molecular weight excluding hydrogens is 437 g/mol. The molecule has 0 aliphatic carbocycles. The summed E-state index contributed by atoms with van der Waals surface area (Å²) in [6.45, 7) is 0.870. The van der Waals surface area contributed by atoms with E-state index in [-0.39, 0.29) is 29.6 Å². The molecule has 0 spiro atoms. The van der Waals surface area contributed by atoms with Crippen molar-refractivity contribution in [3.8, 4) is 0 Å². The van der Waals surface area contributed by atoms with E-state index in [9.17, 15) is 0 Å². The molecule has 6 N–H and O–H groups in total. The van der Waals surface area contributed by atoms with Gasteiger partial charge in [0.05, 0.1) is 0 Å². The molecular formula is C16H27NaO6P2S2. The van der Waals surface area contributed by atoms with Crippen molar-refractivity contribution in [2.45, 2.75) is 27.7 Å². The minimum atomic E-state index is -3.81. The molecule has 0 saturated heterocycles. The summed E-state index contributed by atoms with van der Waals surface area (Å²) < 4.78 is 0. The Kier molecular flexibility index (Phi) is 19.4. The predicted molar refractivity (Wildman–Crippen MR) is 121 cm³/mol. The molecule has 150 valence electrons. The summed E-state index contributed by atoms with van der Waals surface area (Å²) in [7, 11) is 0. The van der Waals surface area contributed by atoms with Gasteiger partial charge in [0.2, 0.25) is 0 Å². The van der Waals surface area contributed by atoms with Gasteiger partial charge in [-0.3, -0.25) is 0 Å². The Morgan fingerprint density at radius 1 is 0.519 bits per heavy atom. The van der Waals surface area contributed by atoms with Gasteiger partial charge >= 0.3 is 43.0 Å². The standard InChI is InChI=1S/2C8H10.Na.2H3O3PS.H/c2*1-7-5-3-4-6-8(7)2;;2*1-4(2,3)5;/h2*3-6H,1-2H3;;2*(H3,1,2,3,5);. The molecule has 2 aromatic rings. The molecule has 0 saturated carbocycles. The first-order valence-electron chi connectivity index (χ1n) is 7.22. The van der Waals surface area contributed by atoms with Crippen LogP contribution in [0.4, 0.5) is 0 Å². The molecule has 0 bridgehead atoms. The molecule has 11 heteroatoms. The molecule has 0 aromatic heterocycles. The third kappa shape index (κ3) is 31.4. The molecule has 0 heterocycles. The summed E-state index contributed by atoms with van der Waals surface area (Å²) in [6, 6.07) is 16.7. The summed E-state index contributed by atoms with van der Waals surface area (Å²) >= 11 is 7.21. The second kappa shape index (κ2) is 16.3. The zero-order valence-electron chi connectivity index (χ0n) is 15.0. The molecule has 2 aromatic carbocycles. The summed E-state index contributed by atoms with van der Waals surface area (Å²) in [4.78, 5) is 45.3. The summed E-state index contributed by atoms with van der Waals surface area (Å²) in [5, 5.41) is 0. The van der Waals surface area contributed by atoms with Crippen molar-refractivity contribution in [3.63, 3.8) is 0 Å². The van der Waals surface area contributed by atoms with E-state index in [2.05, 4.69) is 99.8 Å². The van der Waals surface area contributed by atoms with Crippen molar-refractivity contribution in [3.05, 3.63) is 70.8 Å². The second-order valence-corrected chi connectivity index (χ2v) is 10.2. The fraction of sp³-hybridized carbons (Fsp3) is 0.250. The van der Waals surface area contributed by atoms with Crippen LogP contribution in [0.25, 0.3) is 0 Å². The Morgan fingerprint density at radius 3 is 0.704 bits per heavy atom. The topological polar surface area (TPSA) is 121 Å². The van der Waals surface area contributed by atoms with Crippen molar-refractivity contribution in [2.24, 2.45) is 0 Å². The molecule has 0 radical (unpaired) electrons. The molecule has 0 fully saturated rings. The van der Waals surface area contributed by atoms with Crippen LogP contribution in [0.5, 0.6) is 0 Å². The Labute approximate surface area is 193 Å². The third-order valence-electron chi connectivity index (χ3n) is 2.85. The van der Waals surface area contributed by atoms with Gasteiger partial charge in [-0.1, -0.05) is 48.5 Å². The summed E-state index contributed by atoms with van der Waals surface area (Å²) in [5.74, 6) is 0. The first-order valence-corrected chi connectivity index (χ1v) is 12.5. The first kappa shape index (κ1) is 32.2. The van der Waals surface area contributed by atoms with Gasteiger partial charge in [-0.15, -0.1) is 0 Å². The van der Waals surface area contributed by atoms with Gasteiger partial charge in [-0.05, 0) is 73.6 Å². The van der Waals surface area contributed by atoms with Gasteiger partial charge in [0.15, 0.2) is 0 Å². The van der Waals surface area contributed by atoms with Gasteiger partial charge in [-0.2, -0.15) is 0 Å². The maximum atomic E-state index is 7.56. The number of hydrogen-bond acceptors (Lipinski definition) is 2. The van der Waals surface area contributed by atoms with E-state index in [1.165, 1.54) is 22.3 Å². The Morgan fingerprint density at radius 2 is 0.630 bits per heavy atom. The minimum absolute atomic E-state index is 0. The maximum absolute atomic E-state index is 7.56. The van der Waals surface area contributed by atoms with Gasteiger partial charge < -0.3 is 29.4 Å². The van der Waals surface area contributed by atoms with Crippen LogP contribution in [-0.4, -0.2) is 58.9 Å². The molecule has 0 atom stereocenters. The van der Waals surface area contributed by atoms with Gasteiger partial charge in [0.25, 0.3) is 0 Å². The first-order chi connectivity index (χ1) is 11.6. The SMILES string of the molecule is Cc1ccccc1C.Cc1ccccc1C.OP(O)(O)=S.OP(O)(O)=S.[NaH]. The summed E-state index contributed by atoms with van der Waals surface area (Å²) in [6.07, 6.45) is 0. The number of hydrogen-bond donors (Lipinski definition) is 6. The van der Waals surface area contributed by atoms with E-state index in [0.29, 0.717) is 0 Å². The Balaban J connectivity index is -0.000000289. The van der Waals surface area contributed by atoms with Crippen molar-refractivity contribution in [1.29, 1.82) is 0 Å². The van der Waals surface area contributed by atoms with Crippen LogP contribution in [-0.2, 0) is 23.6 Å². The van der Waals surface area contributed by atoms with Gasteiger partial charge in [0.1, 0.15) is 0 Å². The van der Waals surface area contributed by atoms with Crippen LogP contribution in [0.3, 0.4) is 0 Å². The number of rotatable bonds is 0. The molecule has 0 aliphatic heterocycles. The predicted octanol–water partition coefficient (Wildman–Crippen LogP) is 2.33. The fourth-order valence-corrected chi connectivity index (χ4v) is 1.33. The van der Waals surface area contributed by atoms with Crippen LogP contribution in [0.15, 0.2) is 48.5 Å². The zero-order chi connectivity index (χ0) is 21.0. The fourth-order valence-electron chi connectivity index (χ4n) is 1.33. The molecule has 27 heavy (non-hydrogen) atoms. The van der Waals surface area contributed by atoms with Crippen molar-refractivity contribution in [2.75, 3.05) is 0 Å². The average Bonchev–Trinajstić information content (AvgIpc) is 2.43. The summed E-state index contributed by atoms with van der Waals surface area (Å²) in [5.41, 5.74) is 5.47. The zero-order valence-corrected chi connectivity index (χ0v) is 18.4. The van der Waals surface area contributed by atoms with Crippen molar-refractivity contribution in [1.82, 2.24) is 0 Å². The van der Waals surface area contributed by atoms with Crippen molar-refractivity contribution >= 4 is 66.6 Å². The van der Waals surface area contributed by atoms with Gasteiger partial charge in [-0.25, -0.2) is 0 Å². The third-order valence-corrected chi connectivity index (χ3v) is 2.85. The molecule has 0 amide bonds. The Bertz CT molecular complexity index is 627. The van der Waals surface area contributed by atoms with E-state index in [0.717, 1.165) is 0 Å². The van der Waals surface area contributed by atoms with Crippen molar-refractivity contribution < 1.29 is 29.4 Å². The van der Waals surface area contributed by atoms with Gasteiger partial charge in [0, 0.05) is 0 Å². The quantitative estimate of drug-likeness (QED) is 0.260. The van der Waals surface area contributed by atoms with E-state index in [1.54, 1.807) is 0 Å². The van der Waals surface area contributed by atoms with E-state index in [1.807, 2.05) is 0 Å². The molecule has 6 nitrogen and oxygen atoms in total. The van der Waals surface area contributed by atoms with Crippen LogP contribution < -0.4 is 0 Å². The van der Waals surface area contributed by atoms with Crippen LogP contribution >= 0.6 is 13.4 Å². The monoisotopic (exact) mass is 464 g/mol. The number of aryl methyl sites for hydroxylation is 4. The van der Waals surface area contributed by atoms with E-state index in [4.69, 9.17) is 29.4 Å². The van der Waals surface area contributed by atoms with E-state index < -0.39 is 13.4 Å². The molecule has 0 unspecified atom stereocenters. The Hall–Kier alpha value is 0.500. The normalized spacial score (nSPS) is 9.85. The average molecular weight is 464 g/mol. The second-order valence-electron chi connectivity index (χ2n) is 5.20. The molecule has 2 rings (SSSR count).